The normalized spacial score (nSPS) is 31.2. The molecule has 0 saturated heterocycles. The topological polar surface area (TPSA) is 152 Å². The molecule has 2 rings (SSSR count). The number of carbonyl (C=O) groups excluding carboxylic acids is 2. The van der Waals surface area contributed by atoms with Crippen LogP contribution in [0.5, 0.6) is 0 Å². The summed E-state index contributed by atoms with van der Waals surface area (Å²) in [4.78, 5) is 25.9. The van der Waals surface area contributed by atoms with Crippen LogP contribution in [0.4, 0.5) is 0 Å². The third kappa shape index (κ3) is 5.35. The molecule has 4 atom stereocenters. The largest absolute Gasteiger partial charge is 0.392 e. The molecule has 0 radical (unpaired) electrons. The molecule has 0 bridgehead atoms. The van der Waals surface area contributed by atoms with Crippen molar-refractivity contribution in [1.82, 2.24) is 0 Å². The molecule has 2 aliphatic rings. The van der Waals surface area contributed by atoms with Crippen molar-refractivity contribution in [3.05, 3.63) is 39.0 Å². The summed E-state index contributed by atoms with van der Waals surface area (Å²) in [6, 6.07) is 0. The van der Waals surface area contributed by atoms with Gasteiger partial charge in [0.05, 0.1) is 0 Å². The van der Waals surface area contributed by atoms with Gasteiger partial charge in [0.1, 0.15) is 11.8 Å². The minimum atomic E-state index is -5.04. The molecule has 19 heteroatoms. The van der Waals surface area contributed by atoms with E-state index in [2.05, 4.69) is 127 Å². The Morgan fingerprint density at radius 1 is 0.727 bits per heavy atom. The fourth-order valence-electron chi connectivity index (χ4n) is 2.65. The second-order valence-corrected chi connectivity index (χ2v) is 17.8. The van der Waals surface area contributed by atoms with Gasteiger partial charge in [-0.15, -0.1) is 0 Å². The summed E-state index contributed by atoms with van der Waals surface area (Å²) < 4.78 is 68.4. The van der Waals surface area contributed by atoms with Crippen molar-refractivity contribution >= 4 is 160 Å². The molecule has 4 unspecified atom stereocenters. The lowest BCUT2D eigenvalue weighted by Crippen LogP contribution is -2.49. The molecule has 184 valence electrons. The molecule has 0 aromatic heterocycles. The summed E-state index contributed by atoms with van der Waals surface area (Å²) in [5, 5.41) is 0. The van der Waals surface area contributed by atoms with E-state index in [0.29, 0.717) is 0 Å². The van der Waals surface area contributed by atoms with E-state index in [-0.39, 0.29) is 26.9 Å². The lowest BCUT2D eigenvalue weighted by Gasteiger charge is -2.35. The first-order valence-corrected chi connectivity index (χ1v) is 16.9. The third-order valence-electron chi connectivity index (χ3n) is 4.29. The van der Waals surface area contributed by atoms with E-state index in [1.807, 2.05) is 0 Å². The molecule has 0 aliphatic heterocycles. The van der Waals surface area contributed by atoms with Crippen molar-refractivity contribution < 1.29 is 40.3 Å². The van der Waals surface area contributed by atoms with Crippen LogP contribution in [0, 0.1) is 11.8 Å². The van der Waals surface area contributed by atoms with Crippen molar-refractivity contribution in [2.45, 2.75) is 7.31 Å². The Balaban J connectivity index is 2.55. The quantitative estimate of drug-likeness (QED) is 0.153. The average Bonchev–Trinajstić information content (AvgIpc) is 2.68. The van der Waals surface area contributed by atoms with Crippen LogP contribution in [0.25, 0.3) is 0 Å². The molecule has 2 aliphatic carbocycles. The van der Waals surface area contributed by atoms with Crippen LogP contribution < -0.4 is 0 Å². The van der Waals surface area contributed by atoms with Crippen LogP contribution in [0.2, 0.25) is 0 Å². The first-order chi connectivity index (χ1) is 14.7. The Morgan fingerprint density at radius 3 is 1.24 bits per heavy atom. The predicted molar refractivity (Wildman–Crippen MR) is 148 cm³/mol. The van der Waals surface area contributed by atoms with Crippen LogP contribution in [0.1, 0.15) is 0 Å². The highest BCUT2D eigenvalue weighted by Gasteiger charge is 2.59. The molecule has 0 amide bonds. The van der Waals surface area contributed by atoms with E-state index < -0.39 is 51.3 Å². The number of alkyl halides is 2. The minimum absolute atomic E-state index is 0.135. The van der Waals surface area contributed by atoms with Gasteiger partial charge in [-0.2, -0.15) is 16.8 Å². The maximum Gasteiger partial charge on any atom is 0.323 e. The Kier molecular flexibility index (Phi) is 9.85. The highest BCUT2D eigenvalue weighted by Crippen LogP contribution is 2.54. The van der Waals surface area contributed by atoms with Crippen LogP contribution >= 0.6 is 127 Å². The van der Waals surface area contributed by atoms with Gasteiger partial charge < -0.3 is 4.74 Å². The van der Waals surface area contributed by atoms with E-state index in [4.69, 9.17) is 4.74 Å². The van der Waals surface area contributed by atoms with E-state index in [1.54, 1.807) is 0 Å². The van der Waals surface area contributed by atoms with Crippen molar-refractivity contribution in [3.63, 3.8) is 0 Å². The molecule has 33 heavy (non-hydrogen) atoms. The minimum Gasteiger partial charge on any atom is -0.392 e. The van der Waals surface area contributed by atoms with Gasteiger partial charge in [0.25, 0.3) is 20.2 Å². The van der Waals surface area contributed by atoms with Gasteiger partial charge in [0.2, 0.25) is 7.31 Å². The Morgan fingerprint density at radius 2 is 1.00 bits per heavy atom. The lowest BCUT2D eigenvalue weighted by atomic mass is 9.98. The van der Waals surface area contributed by atoms with Gasteiger partial charge in [0, 0.05) is 26.9 Å². The zero-order chi connectivity index (χ0) is 25.9. The monoisotopic (exact) mass is 1010 g/mol. The van der Waals surface area contributed by atoms with Gasteiger partial charge in [-0.1, -0.05) is 75.9 Å². The Hall–Kier alpha value is 1.76. The SMILES string of the molecule is O=C(OC(=O)C1C=C(Br)C(Br)=C(Br)C1(Br)S(=O)(=O)O)C1C=C(Br)C(Br)=C(Br)C1(Br)S(=O)(=O)O. The summed E-state index contributed by atoms with van der Waals surface area (Å²) in [5.41, 5.74) is 0. The maximum atomic E-state index is 12.9. The van der Waals surface area contributed by atoms with E-state index in [1.165, 1.54) is 0 Å². The second-order valence-electron chi connectivity index (χ2n) is 6.22. The Labute approximate surface area is 254 Å². The molecule has 0 fully saturated rings. The zero-order valence-corrected chi connectivity index (χ0v) is 29.2. The van der Waals surface area contributed by atoms with Crippen molar-refractivity contribution in [1.29, 1.82) is 0 Å². The maximum absolute atomic E-state index is 12.9. The molecule has 0 heterocycles. The molecule has 0 aromatic rings. The fourth-order valence-corrected chi connectivity index (χ4v) is 10.6. The fraction of sp³-hybridized carbons (Fsp3) is 0.286. The summed E-state index contributed by atoms with van der Waals surface area (Å²) in [5.74, 6) is -6.55. The number of hydrogen-bond acceptors (Lipinski definition) is 7. The van der Waals surface area contributed by atoms with Crippen LogP contribution in [-0.4, -0.2) is 45.2 Å². The molecule has 2 N–H and O–H groups in total. The number of allylic oxidation sites excluding steroid dienone is 4. The number of halogens is 8. The molecular formula is C14H6Br8O9S2. The van der Waals surface area contributed by atoms with E-state index in [9.17, 15) is 35.5 Å². The summed E-state index contributed by atoms with van der Waals surface area (Å²) in [6.07, 6.45) is 2.10. The standard InChI is InChI=1S/C14H6Br8O9S2/c15-5-1-3(13(21,32(25,26)27)9(19)7(5)17)11(23)31-12(24)4-2-6(16)8(18)10(20)14(4,22)33(28,29)30/h1-4H,(H,25,26,27)(H,28,29,30). The third-order valence-corrected chi connectivity index (χ3v) is 19.7. The summed E-state index contributed by atoms with van der Waals surface area (Å²) in [7, 11) is -10.1. The molecule has 0 aromatic carbocycles. The number of ether oxygens (including phenoxy) is 1. The van der Waals surface area contributed by atoms with Crippen molar-refractivity contribution in [2.75, 3.05) is 0 Å². The van der Waals surface area contributed by atoms with Gasteiger partial charge in [-0.3, -0.25) is 18.7 Å². The van der Waals surface area contributed by atoms with E-state index >= 15 is 0 Å². The summed E-state index contributed by atoms with van der Waals surface area (Å²) >= 11 is 24.1. The van der Waals surface area contributed by atoms with Crippen molar-refractivity contribution in [3.8, 4) is 0 Å². The van der Waals surface area contributed by atoms with Crippen LogP contribution in [0.15, 0.2) is 39.0 Å². The number of carbonyl (C=O) groups is 2. The van der Waals surface area contributed by atoms with E-state index in [0.717, 1.165) is 12.2 Å². The van der Waals surface area contributed by atoms with Gasteiger partial charge in [-0.25, -0.2) is 0 Å². The Bertz CT molecular complexity index is 1190. The molecule has 0 saturated carbocycles. The van der Waals surface area contributed by atoms with Gasteiger partial charge in [-0.05, 0) is 63.7 Å². The van der Waals surface area contributed by atoms with Gasteiger partial charge >= 0.3 is 11.9 Å². The zero-order valence-electron chi connectivity index (χ0n) is 14.9. The predicted octanol–water partition coefficient (Wildman–Crippen LogP) is 5.83. The second kappa shape index (κ2) is 10.5. The molecule has 9 nitrogen and oxygen atoms in total. The molecular weight excluding hydrogens is 1020 g/mol. The smallest absolute Gasteiger partial charge is 0.323 e. The summed E-state index contributed by atoms with van der Waals surface area (Å²) in [6.45, 7) is 0. The number of esters is 2. The average molecular weight is 1020 g/mol. The first kappa shape index (κ1) is 31.0. The van der Waals surface area contributed by atoms with Crippen molar-refractivity contribution in [2.24, 2.45) is 11.8 Å². The number of rotatable bonds is 4. The lowest BCUT2D eigenvalue weighted by molar-refractivity contribution is -0.163. The van der Waals surface area contributed by atoms with Crippen LogP contribution in [0.3, 0.4) is 0 Å². The molecule has 0 spiro atoms. The highest BCUT2D eigenvalue weighted by atomic mass is 79.9. The number of hydrogen-bond donors (Lipinski definition) is 2. The highest BCUT2D eigenvalue weighted by molar-refractivity contribution is 9.18. The first-order valence-electron chi connectivity index (χ1n) is 7.67. The van der Waals surface area contributed by atoms with Crippen LogP contribution in [-0.2, 0) is 34.6 Å². The van der Waals surface area contributed by atoms with Gasteiger partial charge in [0.15, 0.2) is 0 Å².